The lowest BCUT2D eigenvalue weighted by Gasteiger charge is -2.00. The fourth-order valence-electron chi connectivity index (χ4n) is 1.69. The van der Waals surface area contributed by atoms with Crippen LogP contribution in [0.25, 0.3) is 0 Å². The molecule has 0 aliphatic carbocycles. The molecule has 0 saturated heterocycles. The second-order valence-corrected chi connectivity index (χ2v) is 5.77. The smallest absolute Gasteiger partial charge is 0.287 e. The first kappa shape index (κ1) is 15.6. The van der Waals surface area contributed by atoms with E-state index >= 15 is 0 Å². The van der Waals surface area contributed by atoms with Gasteiger partial charge in [0.2, 0.25) is 5.89 Å². The SMILES string of the molecule is CSCc1ccc(C(=O)NCCc2nc(C(C)C)no2)o1. The molecule has 0 fully saturated rings. The number of amides is 1. The summed E-state index contributed by atoms with van der Waals surface area (Å²) in [6, 6.07) is 3.50. The van der Waals surface area contributed by atoms with Gasteiger partial charge in [0, 0.05) is 18.9 Å². The summed E-state index contributed by atoms with van der Waals surface area (Å²) in [7, 11) is 0. The lowest BCUT2D eigenvalue weighted by Crippen LogP contribution is -2.25. The largest absolute Gasteiger partial charge is 0.455 e. The highest BCUT2D eigenvalue weighted by Crippen LogP contribution is 2.13. The molecule has 2 heterocycles. The van der Waals surface area contributed by atoms with Gasteiger partial charge >= 0.3 is 0 Å². The Hall–Kier alpha value is -1.76. The summed E-state index contributed by atoms with van der Waals surface area (Å²) in [5.74, 6) is 3.10. The minimum atomic E-state index is -0.231. The molecule has 0 atom stereocenters. The highest BCUT2D eigenvalue weighted by Gasteiger charge is 2.12. The van der Waals surface area contributed by atoms with E-state index in [1.165, 1.54) is 0 Å². The van der Waals surface area contributed by atoms with Crippen LogP contribution >= 0.6 is 11.8 Å². The van der Waals surface area contributed by atoms with Gasteiger partial charge in [0.25, 0.3) is 5.91 Å². The summed E-state index contributed by atoms with van der Waals surface area (Å²) >= 11 is 1.65. The lowest BCUT2D eigenvalue weighted by atomic mass is 10.2. The number of hydrogen-bond acceptors (Lipinski definition) is 6. The molecule has 1 N–H and O–H groups in total. The van der Waals surface area contributed by atoms with Crippen LogP contribution in [0.2, 0.25) is 0 Å². The van der Waals surface area contributed by atoms with Crippen molar-refractivity contribution in [3.05, 3.63) is 35.4 Å². The monoisotopic (exact) mass is 309 g/mol. The van der Waals surface area contributed by atoms with Crippen molar-refractivity contribution < 1.29 is 13.7 Å². The Balaban J connectivity index is 1.80. The van der Waals surface area contributed by atoms with Crippen LogP contribution in [0.3, 0.4) is 0 Å². The Labute approximate surface area is 127 Å². The van der Waals surface area contributed by atoms with Crippen molar-refractivity contribution in [1.29, 1.82) is 0 Å². The molecular formula is C14H19N3O3S. The summed E-state index contributed by atoms with van der Waals surface area (Å²) in [6.07, 6.45) is 2.49. The topological polar surface area (TPSA) is 81.2 Å². The lowest BCUT2D eigenvalue weighted by molar-refractivity contribution is 0.0924. The molecule has 6 nitrogen and oxygen atoms in total. The number of hydrogen-bond donors (Lipinski definition) is 1. The molecule has 2 rings (SSSR count). The fourth-order valence-corrected chi connectivity index (χ4v) is 2.13. The Morgan fingerprint density at radius 2 is 2.24 bits per heavy atom. The number of rotatable bonds is 7. The zero-order valence-corrected chi connectivity index (χ0v) is 13.2. The van der Waals surface area contributed by atoms with Crippen LogP contribution in [0.4, 0.5) is 0 Å². The van der Waals surface area contributed by atoms with Gasteiger partial charge in [0.15, 0.2) is 11.6 Å². The van der Waals surface area contributed by atoms with Gasteiger partial charge in [0.05, 0.1) is 5.75 Å². The molecule has 114 valence electrons. The molecule has 0 saturated carbocycles. The molecule has 1 amide bonds. The van der Waals surface area contributed by atoms with E-state index in [0.29, 0.717) is 30.4 Å². The summed E-state index contributed by atoms with van der Waals surface area (Å²) < 4.78 is 10.6. The van der Waals surface area contributed by atoms with Crippen LogP contribution in [0, 0.1) is 0 Å². The van der Waals surface area contributed by atoms with Crippen LogP contribution in [0.5, 0.6) is 0 Å². The molecule has 2 aromatic heterocycles. The molecule has 7 heteroatoms. The van der Waals surface area contributed by atoms with E-state index in [1.54, 1.807) is 17.8 Å². The number of nitrogens with one attached hydrogen (secondary N) is 1. The van der Waals surface area contributed by atoms with E-state index in [2.05, 4.69) is 15.5 Å². The third kappa shape index (κ3) is 4.35. The Morgan fingerprint density at radius 3 is 2.90 bits per heavy atom. The number of carbonyl (C=O) groups excluding carboxylic acids is 1. The van der Waals surface area contributed by atoms with Gasteiger partial charge in [-0.05, 0) is 18.4 Å². The average Bonchev–Trinajstić information content (AvgIpc) is 3.08. The highest BCUT2D eigenvalue weighted by atomic mass is 32.2. The van der Waals surface area contributed by atoms with Gasteiger partial charge < -0.3 is 14.3 Å². The van der Waals surface area contributed by atoms with E-state index in [-0.39, 0.29) is 11.8 Å². The Morgan fingerprint density at radius 1 is 1.43 bits per heavy atom. The number of thioether (sulfide) groups is 1. The van der Waals surface area contributed by atoms with Crippen LogP contribution in [0.15, 0.2) is 21.1 Å². The van der Waals surface area contributed by atoms with Gasteiger partial charge in [-0.25, -0.2) is 0 Å². The minimum absolute atomic E-state index is 0.231. The molecule has 0 radical (unpaired) electrons. The Kier molecular flexibility index (Phi) is 5.44. The van der Waals surface area contributed by atoms with Crippen molar-refractivity contribution in [1.82, 2.24) is 15.5 Å². The number of carbonyl (C=O) groups is 1. The molecule has 0 spiro atoms. The van der Waals surface area contributed by atoms with Crippen molar-refractivity contribution in [2.75, 3.05) is 12.8 Å². The van der Waals surface area contributed by atoms with Crippen molar-refractivity contribution in [2.24, 2.45) is 0 Å². The predicted molar refractivity (Wildman–Crippen MR) is 80.4 cm³/mol. The molecule has 0 unspecified atom stereocenters. The van der Waals surface area contributed by atoms with Crippen LogP contribution in [-0.2, 0) is 12.2 Å². The first-order chi connectivity index (χ1) is 10.1. The van der Waals surface area contributed by atoms with E-state index in [4.69, 9.17) is 8.94 Å². The summed E-state index contributed by atoms with van der Waals surface area (Å²) in [6.45, 7) is 4.43. The van der Waals surface area contributed by atoms with Gasteiger partial charge in [-0.3, -0.25) is 4.79 Å². The number of nitrogens with zero attached hydrogens (tertiary/aromatic N) is 2. The summed E-state index contributed by atoms with van der Waals surface area (Å²) in [5.41, 5.74) is 0. The zero-order valence-electron chi connectivity index (χ0n) is 12.4. The maximum absolute atomic E-state index is 11.9. The van der Waals surface area contributed by atoms with Gasteiger partial charge in [-0.2, -0.15) is 16.7 Å². The molecular weight excluding hydrogens is 290 g/mol. The standard InChI is InChI=1S/C14H19N3O3S/c1-9(2)13-16-12(20-17-13)6-7-15-14(18)11-5-4-10(19-11)8-21-3/h4-5,9H,6-8H2,1-3H3,(H,15,18). The molecule has 21 heavy (non-hydrogen) atoms. The van der Waals surface area contributed by atoms with Gasteiger partial charge in [-0.1, -0.05) is 19.0 Å². The average molecular weight is 309 g/mol. The first-order valence-corrected chi connectivity index (χ1v) is 8.18. The van der Waals surface area contributed by atoms with Crippen molar-refractivity contribution >= 4 is 17.7 Å². The molecule has 0 bridgehead atoms. The van der Waals surface area contributed by atoms with Crippen LogP contribution in [0.1, 0.15) is 47.8 Å². The third-order valence-electron chi connectivity index (χ3n) is 2.80. The van der Waals surface area contributed by atoms with Crippen molar-refractivity contribution in [3.8, 4) is 0 Å². The quantitative estimate of drug-likeness (QED) is 0.846. The predicted octanol–water partition coefficient (Wildman–Crippen LogP) is 2.62. The summed E-state index contributed by atoms with van der Waals surface area (Å²) in [5, 5.41) is 6.65. The number of furan rings is 1. The summed E-state index contributed by atoms with van der Waals surface area (Å²) in [4.78, 5) is 16.1. The third-order valence-corrected chi connectivity index (χ3v) is 3.37. The molecule has 0 aliphatic heterocycles. The maximum atomic E-state index is 11.9. The van der Waals surface area contributed by atoms with E-state index in [1.807, 2.05) is 26.2 Å². The second kappa shape index (κ2) is 7.31. The van der Waals surface area contributed by atoms with Crippen LogP contribution < -0.4 is 5.32 Å². The van der Waals surface area contributed by atoms with Crippen molar-refractivity contribution in [2.45, 2.75) is 31.9 Å². The molecule has 0 aliphatic rings. The van der Waals surface area contributed by atoms with Crippen LogP contribution in [-0.4, -0.2) is 28.8 Å². The van der Waals surface area contributed by atoms with Gasteiger partial charge in [-0.15, -0.1) is 0 Å². The fraction of sp³-hybridized carbons (Fsp3) is 0.500. The van der Waals surface area contributed by atoms with E-state index < -0.39 is 0 Å². The normalized spacial score (nSPS) is 11.0. The van der Waals surface area contributed by atoms with E-state index in [9.17, 15) is 4.79 Å². The minimum Gasteiger partial charge on any atom is -0.455 e. The van der Waals surface area contributed by atoms with Crippen molar-refractivity contribution in [3.63, 3.8) is 0 Å². The maximum Gasteiger partial charge on any atom is 0.287 e. The molecule has 2 aromatic rings. The zero-order chi connectivity index (χ0) is 15.2. The number of aromatic nitrogens is 2. The highest BCUT2D eigenvalue weighted by molar-refractivity contribution is 7.97. The Bertz CT molecular complexity index is 592. The molecule has 0 aromatic carbocycles. The first-order valence-electron chi connectivity index (χ1n) is 6.78. The second-order valence-electron chi connectivity index (χ2n) is 4.91. The van der Waals surface area contributed by atoms with Gasteiger partial charge in [0.1, 0.15) is 5.76 Å². The van der Waals surface area contributed by atoms with E-state index in [0.717, 1.165) is 11.5 Å².